The first kappa shape index (κ1) is 21.6. The summed E-state index contributed by atoms with van der Waals surface area (Å²) < 4.78 is 5.45. The minimum atomic E-state index is -0.671. The second kappa shape index (κ2) is 8.88. The van der Waals surface area contributed by atoms with E-state index >= 15 is 0 Å². The van der Waals surface area contributed by atoms with Gasteiger partial charge in [0.25, 0.3) is 0 Å². The lowest BCUT2D eigenvalue weighted by molar-refractivity contribution is -0.0189. The summed E-state index contributed by atoms with van der Waals surface area (Å²) in [4.78, 5) is 12.4. The van der Waals surface area contributed by atoms with Gasteiger partial charge in [0.1, 0.15) is 5.60 Å². The van der Waals surface area contributed by atoms with Crippen LogP contribution in [0.4, 0.5) is 4.79 Å². The molecular weight excluding hydrogens is 376 g/mol. The molecule has 166 valence electrons. The summed E-state index contributed by atoms with van der Waals surface area (Å²) >= 11 is 0. The fraction of sp³-hybridized carbons (Fsp3) is 0.720. The van der Waals surface area contributed by atoms with Crippen LogP contribution >= 0.6 is 0 Å². The minimum absolute atomic E-state index is 0.397. The van der Waals surface area contributed by atoms with Crippen molar-refractivity contribution in [3.8, 4) is 0 Å². The van der Waals surface area contributed by atoms with Crippen molar-refractivity contribution in [2.45, 2.75) is 83.1 Å². The molecule has 1 aromatic rings. The predicted molar refractivity (Wildman–Crippen MR) is 118 cm³/mol. The van der Waals surface area contributed by atoms with Crippen LogP contribution in [0.3, 0.4) is 0 Å². The van der Waals surface area contributed by atoms with Crippen LogP contribution in [0.2, 0.25) is 0 Å². The first-order valence-corrected chi connectivity index (χ1v) is 11.7. The first-order chi connectivity index (χ1) is 14.3. The Bertz CT molecular complexity index is 687. The van der Waals surface area contributed by atoms with E-state index in [4.69, 9.17) is 4.74 Å². The number of aliphatic hydroxyl groups excluding tert-OH is 1. The van der Waals surface area contributed by atoms with Gasteiger partial charge in [-0.2, -0.15) is 0 Å². The molecule has 5 heteroatoms. The van der Waals surface area contributed by atoms with E-state index in [0.717, 1.165) is 29.2 Å². The minimum Gasteiger partial charge on any atom is -0.444 e. The molecule has 4 fully saturated rings. The number of nitrogens with one attached hydrogen (secondary N) is 2. The van der Waals surface area contributed by atoms with Crippen molar-refractivity contribution in [3.63, 3.8) is 0 Å². The van der Waals surface area contributed by atoms with Crippen LogP contribution in [0.5, 0.6) is 0 Å². The van der Waals surface area contributed by atoms with E-state index in [9.17, 15) is 9.90 Å². The number of rotatable bonds is 7. The number of amides is 1. The molecule has 3 N–H and O–H groups in total. The molecule has 0 radical (unpaired) electrons. The second-order valence-electron chi connectivity index (χ2n) is 10.9. The zero-order valence-corrected chi connectivity index (χ0v) is 18.6. The molecule has 0 saturated heterocycles. The number of hydrogen-bond donors (Lipinski definition) is 3. The van der Waals surface area contributed by atoms with Crippen molar-refractivity contribution in [1.82, 2.24) is 10.6 Å². The summed E-state index contributed by atoms with van der Waals surface area (Å²) in [6, 6.07) is 10.1. The third-order valence-corrected chi connectivity index (χ3v) is 7.25. The summed E-state index contributed by atoms with van der Waals surface area (Å²) in [6.07, 6.45) is 6.28. The first-order valence-electron chi connectivity index (χ1n) is 11.7. The Labute approximate surface area is 181 Å². The summed E-state index contributed by atoms with van der Waals surface area (Å²) in [5.41, 5.74) is 0.526. The predicted octanol–water partition coefficient (Wildman–Crippen LogP) is 3.90. The van der Waals surface area contributed by atoms with E-state index in [1.807, 2.05) is 51.1 Å². The molecular formula is C25H38N2O3. The quantitative estimate of drug-likeness (QED) is 0.633. The van der Waals surface area contributed by atoms with Crippen LogP contribution < -0.4 is 10.6 Å². The van der Waals surface area contributed by atoms with Gasteiger partial charge in [-0.15, -0.1) is 0 Å². The molecule has 0 heterocycles. The van der Waals surface area contributed by atoms with Crippen LogP contribution in [0.1, 0.15) is 58.4 Å². The fourth-order valence-electron chi connectivity index (χ4n) is 6.27. The average molecular weight is 415 g/mol. The molecule has 0 spiro atoms. The highest BCUT2D eigenvalue weighted by atomic mass is 16.6. The molecule has 4 saturated carbocycles. The van der Waals surface area contributed by atoms with E-state index < -0.39 is 23.8 Å². The molecule has 5 rings (SSSR count). The monoisotopic (exact) mass is 414 g/mol. The Hall–Kier alpha value is -1.59. The van der Waals surface area contributed by atoms with Crippen molar-refractivity contribution in [2.24, 2.45) is 23.7 Å². The number of carbonyl (C=O) groups is 1. The van der Waals surface area contributed by atoms with Gasteiger partial charge in [0.2, 0.25) is 0 Å². The normalized spacial score (nSPS) is 31.9. The lowest BCUT2D eigenvalue weighted by atomic mass is 9.54. The number of ether oxygens (including phenoxy) is 1. The van der Waals surface area contributed by atoms with Crippen molar-refractivity contribution >= 4 is 6.09 Å². The van der Waals surface area contributed by atoms with Crippen molar-refractivity contribution in [2.75, 3.05) is 6.54 Å². The maximum absolute atomic E-state index is 12.4. The summed E-state index contributed by atoms with van der Waals surface area (Å²) in [6.45, 7) is 6.05. The standard InChI is InChI=1S/C25H38N2O3/c1-25(2,3)30-24(29)27-21(14-16-7-5-4-6-8-16)22(28)15-26-23-19-10-17-9-18(12-19)13-20(23)11-17/h4-8,17-23,26,28H,9-15H2,1-3H3,(H,27,29)/t17?,18?,19?,20?,21-,22+,23?/m0/s1. The Morgan fingerprint density at radius 1 is 1.07 bits per heavy atom. The molecule has 1 aromatic carbocycles. The van der Waals surface area contributed by atoms with Gasteiger partial charge in [-0.05, 0) is 88.5 Å². The van der Waals surface area contributed by atoms with Gasteiger partial charge in [-0.3, -0.25) is 0 Å². The van der Waals surface area contributed by atoms with Crippen LogP contribution in [-0.4, -0.2) is 41.5 Å². The SMILES string of the molecule is CC(C)(C)OC(=O)N[C@@H](Cc1ccccc1)[C@H](O)CNC1C2CC3CC(C2)CC1C3. The number of alkyl carbamates (subject to hydrolysis) is 1. The van der Waals surface area contributed by atoms with Crippen LogP contribution in [0.25, 0.3) is 0 Å². The highest BCUT2D eigenvalue weighted by molar-refractivity contribution is 5.68. The van der Waals surface area contributed by atoms with Crippen molar-refractivity contribution < 1.29 is 14.6 Å². The molecule has 4 bridgehead atoms. The third kappa shape index (κ3) is 5.36. The number of aliphatic hydroxyl groups is 1. The Kier molecular flexibility index (Phi) is 6.40. The molecule has 2 atom stereocenters. The van der Waals surface area contributed by atoms with Crippen LogP contribution in [0, 0.1) is 23.7 Å². The molecule has 0 aliphatic heterocycles. The second-order valence-corrected chi connectivity index (χ2v) is 10.9. The molecule has 0 aromatic heterocycles. The van der Waals surface area contributed by atoms with Crippen LogP contribution in [0.15, 0.2) is 30.3 Å². The number of carbonyl (C=O) groups excluding carboxylic acids is 1. The Balaban J connectivity index is 1.37. The zero-order valence-electron chi connectivity index (χ0n) is 18.6. The Morgan fingerprint density at radius 2 is 1.67 bits per heavy atom. The summed E-state index contributed by atoms with van der Waals surface area (Å²) in [5, 5.41) is 17.7. The molecule has 5 nitrogen and oxygen atoms in total. The van der Waals surface area contributed by atoms with Gasteiger partial charge in [-0.25, -0.2) is 4.79 Å². The van der Waals surface area contributed by atoms with E-state index in [-0.39, 0.29) is 0 Å². The highest BCUT2D eigenvalue weighted by Gasteiger charge is 2.48. The molecule has 0 unspecified atom stereocenters. The Morgan fingerprint density at radius 3 is 2.23 bits per heavy atom. The van der Waals surface area contributed by atoms with Gasteiger partial charge >= 0.3 is 6.09 Å². The average Bonchev–Trinajstić information content (AvgIpc) is 2.65. The topological polar surface area (TPSA) is 70.6 Å². The van der Waals surface area contributed by atoms with Gasteiger partial charge in [0.15, 0.2) is 0 Å². The van der Waals surface area contributed by atoms with E-state index in [2.05, 4.69) is 10.6 Å². The lowest BCUT2D eigenvalue weighted by Gasteiger charge is -2.54. The smallest absolute Gasteiger partial charge is 0.407 e. The maximum atomic E-state index is 12.4. The number of hydrogen-bond acceptors (Lipinski definition) is 4. The van der Waals surface area contributed by atoms with E-state index in [1.165, 1.54) is 32.1 Å². The summed E-state index contributed by atoms with van der Waals surface area (Å²) in [5.74, 6) is 3.41. The largest absolute Gasteiger partial charge is 0.444 e. The van der Waals surface area contributed by atoms with Crippen molar-refractivity contribution in [1.29, 1.82) is 0 Å². The van der Waals surface area contributed by atoms with Crippen LogP contribution in [-0.2, 0) is 11.2 Å². The molecule has 4 aliphatic rings. The van der Waals surface area contributed by atoms with Crippen molar-refractivity contribution in [3.05, 3.63) is 35.9 Å². The summed E-state index contributed by atoms with van der Waals surface area (Å²) in [7, 11) is 0. The fourth-order valence-corrected chi connectivity index (χ4v) is 6.27. The molecule has 4 aliphatic carbocycles. The number of benzene rings is 1. The zero-order chi connectivity index (χ0) is 21.3. The molecule has 1 amide bonds. The third-order valence-electron chi connectivity index (χ3n) is 7.25. The van der Waals surface area contributed by atoms with Gasteiger partial charge < -0.3 is 20.5 Å². The van der Waals surface area contributed by atoms with E-state index in [1.54, 1.807) is 0 Å². The maximum Gasteiger partial charge on any atom is 0.407 e. The van der Waals surface area contributed by atoms with Gasteiger partial charge in [0.05, 0.1) is 12.1 Å². The lowest BCUT2D eigenvalue weighted by Crippen LogP contribution is -2.57. The van der Waals surface area contributed by atoms with Gasteiger partial charge in [0, 0.05) is 12.6 Å². The highest BCUT2D eigenvalue weighted by Crippen LogP contribution is 2.53. The molecule has 30 heavy (non-hydrogen) atoms. The van der Waals surface area contributed by atoms with Gasteiger partial charge in [-0.1, -0.05) is 30.3 Å². The van der Waals surface area contributed by atoms with E-state index in [0.29, 0.717) is 19.0 Å².